The summed E-state index contributed by atoms with van der Waals surface area (Å²) < 4.78 is 5.10. The van der Waals surface area contributed by atoms with Crippen molar-refractivity contribution in [1.82, 2.24) is 15.5 Å². The Morgan fingerprint density at radius 3 is 2.61 bits per heavy atom. The van der Waals surface area contributed by atoms with Crippen LogP contribution in [0, 0.1) is 0 Å². The number of hydrogen-bond acceptors (Lipinski definition) is 5. The van der Waals surface area contributed by atoms with Crippen molar-refractivity contribution in [2.75, 3.05) is 13.2 Å². The molecule has 9 heteroatoms. The van der Waals surface area contributed by atoms with Crippen LogP contribution < -0.4 is 10.9 Å². The molecule has 1 atom stereocenters. The maximum atomic E-state index is 12.4. The van der Waals surface area contributed by atoms with E-state index in [0.717, 1.165) is 18.4 Å². The summed E-state index contributed by atoms with van der Waals surface area (Å²) in [7, 11) is 0. The molecule has 0 spiro atoms. The third-order valence-corrected chi connectivity index (χ3v) is 5.37. The number of fused-ring (bicyclic) bond motifs is 1. The number of halogens is 2. The van der Waals surface area contributed by atoms with Gasteiger partial charge < -0.3 is 10.1 Å². The van der Waals surface area contributed by atoms with Crippen molar-refractivity contribution in [2.45, 2.75) is 25.7 Å². The van der Waals surface area contributed by atoms with Crippen LogP contribution in [0.1, 0.15) is 41.7 Å². The number of rotatable bonds is 8. The molecule has 1 amide bonds. The number of esters is 1. The summed E-state index contributed by atoms with van der Waals surface area (Å²) in [6.07, 6.45) is 1.72. The Labute approximate surface area is 188 Å². The van der Waals surface area contributed by atoms with Crippen LogP contribution in [0.2, 0.25) is 10.0 Å². The summed E-state index contributed by atoms with van der Waals surface area (Å²) in [5.74, 6) is -1.25. The van der Waals surface area contributed by atoms with E-state index in [9.17, 15) is 14.4 Å². The first-order chi connectivity index (χ1) is 14.9. The first kappa shape index (κ1) is 22.8. The van der Waals surface area contributed by atoms with Crippen LogP contribution in [-0.2, 0) is 9.53 Å². The molecule has 1 heterocycles. The van der Waals surface area contributed by atoms with Gasteiger partial charge in [0.2, 0.25) is 0 Å². The second-order valence-electron chi connectivity index (χ2n) is 6.98. The lowest BCUT2D eigenvalue weighted by Gasteiger charge is -2.19. The number of hydrogen-bond donors (Lipinski definition) is 2. The molecule has 31 heavy (non-hydrogen) atoms. The fourth-order valence-corrected chi connectivity index (χ4v) is 3.87. The SMILES string of the molecule is CCCC(CNC(=O)COC(=O)c1n[nH]c(=O)c2ccccc12)c1ccc(Cl)cc1Cl. The molecule has 0 aliphatic rings. The highest BCUT2D eigenvalue weighted by Gasteiger charge is 2.19. The van der Waals surface area contributed by atoms with Crippen LogP contribution in [0.25, 0.3) is 10.8 Å². The maximum absolute atomic E-state index is 12.4. The topological polar surface area (TPSA) is 101 Å². The van der Waals surface area contributed by atoms with Crippen LogP contribution in [0.4, 0.5) is 0 Å². The van der Waals surface area contributed by atoms with Crippen LogP contribution in [0.3, 0.4) is 0 Å². The summed E-state index contributed by atoms with van der Waals surface area (Å²) in [6, 6.07) is 11.8. The lowest BCUT2D eigenvalue weighted by Crippen LogP contribution is -2.32. The highest BCUT2D eigenvalue weighted by atomic mass is 35.5. The molecule has 0 aliphatic heterocycles. The quantitative estimate of drug-likeness (QED) is 0.492. The summed E-state index contributed by atoms with van der Waals surface area (Å²) in [5, 5.41) is 10.6. The van der Waals surface area contributed by atoms with Gasteiger partial charge in [-0.25, -0.2) is 9.89 Å². The lowest BCUT2D eigenvalue weighted by atomic mass is 9.94. The van der Waals surface area contributed by atoms with Crippen molar-refractivity contribution >= 4 is 45.9 Å². The second-order valence-corrected chi connectivity index (χ2v) is 7.82. The third kappa shape index (κ3) is 5.62. The van der Waals surface area contributed by atoms with Crippen molar-refractivity contribution in [2.24, 2.45) is 0 Å². The van der Waals surface area contributed by atoms with Gasteiger partial charge in [-0.15, -0.1) is 0 Å². The molecular weight excluding hydrogens is 441 g/mol. The number of aromatic amines is 1. The molecule has 0 aliphatic carbocycles. The molecule has 2 N–H and O–H groups in total. The van der Waals surface area contributed by atoms with Crippen molar-refractivity contribution in [3.63, 3.8) is 0 Å². The number of benzene rings is 2. The monoisotopic (exact) mass is 461 g/mol. The zero-order chi connectivity index (χ0) is 22.4. The van der Waals surface area contributed by atoms with Crippen molar-refractivity contribution in [3.05, 3.63) is 74.1 Å². The minimum absolute atomic E-state index is 0.000716. The average Bonchev–Trinajstić information content (AvgIpc) is 2.76. The van der Waals surface area contributed by atoms with E-state index >= 15 is 0 Å². The maximum Gasteiger partial charge on any atom is 0.359 e. The van der Waals surface area contributed by atoms with Crippen molar-refractivity contribution in [1.29, 1.82) is 0 Å². The van der Waals surface area contributed by atoms with Crippen LogP contribution >= 0.6 is 23.2 Å². The Morgan fingerprint density at radius 2 is 1.90 bits per heavy atom. The standard InChI is InChI=1S/C22H21Cl2N3O4/c1-2-5-13(15-9-8-14(23)10-18(15)24)11-25-19(28)12-31-22(30)20-16-6-3-4-7-17(16)21(29)27-26-20/h3-4,6-10,13H,2,5,11-12H2,1H3,(H,25,28)(H,27,29). The Morgan fingerprint density at radius 1 is 1.16 bits per heavy atom. The number of carbonyl (C=O) groups excluding carboxylic acids is 2. The summed E-state index contributed by atoms with van der Waals surface area (Å²) in [4.78, 5) is 36.5. The zero-order valence-corrected chi connectivity index (χ0v) is 18.3. The number of nitrogens with zero attached hydrogens (tertiary/aromatic N) is 1. The number of nitrogens with one attached hydrogen (secondary N) is 2. The number of ether oxygens (including phenoxy) is 1. The highest BCUT2D eigenvalue weighted by Crippen LogP contribution is 2.30. The normalized spacial score (nSPS) is 11.8. The average molecular weight is 462 g/mol. The molecule has 0 fully saturated rings. The minimum Gasteiger partial charge on any atom is -0.451 e. The van der Waals surface area contributed by atoms with E-state index < -0.39 is 24.0 Å². The summed E-state index contributed by atoms with van der Waals surface area (Å²) in [5.41, 5.74) is 0.432. The Kier molecular flexibility index (Phi) is 7.65. The largest absolute Gasteiger partial charge is 0.451 e. The molecule has 0 saturated heterocycles. The van der Waals surface area contributed by atoms with Gasteiger partial charge >= 0.3 is 5.97 Å². The first-order valence-corrected chi connectivity index (χ1v) is 10.5. The van der Waals surface area contributed by atoms with Gasteiger partial charge in [0.1, 0.15) is 0 Å². The predicted octanol–water partition coefficient (Wildman–Crippen LogP) is 4.09. The lowest BCUT2D eigenvalue weighted by molar-refractivity contribution is -0.124. The first-order valence-electron chi connectivity index (χ1n) is 9.77. The Balaban J connectivity index is 1.61. The minimum atomic E-state index is -0.798. The third-order valence-electron chi connectivity index (χ3n) is 4.81. The number of H-pyrrole nitrogens is 1. The molecule has 0 radical (unpaired) electrons. The van der Waals surface area contributed by atoms with Gasteiger partial charge in [-0.3, -0.25) is 9.59 Å². The van der Waals surface area contributed by atoms with Crippen LogP contribution in [0.15, 0.2) is 47.3 Å². The van der Waals surface area contributed by atoms with E-state index in [1.807, 2.05) is 13.0 Å². The van der Waals surface area contributed by atoms with E-state index in [-0.39, 0.29) is 11.6 Å². The summed E-state index contributed by atoms with van der Waals surface area (Å²) >= 11 is 12.3. The summed E-state index contributed by atoms with van der Waals surface area (Å²) in [6.45, 7) is 1.91. The number of aromatic nitrogens is 2. The molecule has 7 nitrogen and oxygen atoms in total. The van der Waals surface area contributed by atoms with E-state index in [2.05, 4.69) is 15.5 Å². The molecule has 162 valence electrons. The van der Waals surface area contributed by atoms with Gasteiger partial charge in [0.05, 0.1) is 5.39 Å². The smallest absolute Gasteiger partial charge is 0.359 e. The highest BCUT2D eigenvalue weighted by molar-refractivity contribution is 6.35. The van der Waals surface area contributed by atoms with E-state index in [1.54, 1.807) is 36.4 Å². The predicted molar refractivity (Wildman–Crippen MR) is 120 cm³/mol. The van der Waals surface area contributed by atoms with E-state index in [4.69, 9.17) is 27.9 Å². The van der Waals surface area contributed by atoms with Crippen molar-refractivity contribution < 1.29 is 14.3 Å². The van der Waals surface area contributed by atoms with Gasteiger partial charge in [0.15, 0.2) is 12.3 Å². The van der Waals surface area contributed by atoms with Crippen LogP contribution in [-0.4, -0.2) is 35.2 Å². The molecule has 1 aromatic heterocycles. The second kappa shape index (κ2) is 10.4. The zero-order valence-electron chi connectivity index (χ0n) is 16.8. The Hall–Kier alpha value is -2.90. The Bertz CT molecular complexity index is 1160. The molecule has 0 saturated carbocycles. The van der Waals surface area contributed by atoms with Gasteiger partial charge in [-0.2, -0.15) is 5.10 Å². The van der Waals surface area contributed by atoms with Crippen molar-refractivity contribution in [3.8, 4) is 0 Å². The van der Waals surface area contributed by atoms with Gasteiger partial charge in [-0.05, 0) is 30.2 Å². The van der Waals surface area contributed by atoms with Gasteiger partial charge in [0.25, 0.3) is 11.5 Å². The van der Waals surface area contributed by atoms with E-state index in [0.29, 0.717) is 27.4 Å². The fraction of sp³-hybridized carbons (Fsp3) is 0.273. The molecule has 1 unspecified atom stereocenters. The number of amides is 1. The van der Waals surface area contributed by atoms with Gasteiger partial charge in [0, 0.05) is 27.9 Å². The van der Waals surface area contributed by atoms with Gasteiger partial charge in [-0.1, -0.05) is 60.8 Å². The van der Waals surface area contributed by atoms with E-state index in [1.165, 1.54) is 0 Å². The van der Waals surface area contributed by atoms with Crippen LogP contribution in [0.5, 0.6) is 0 Å². The molecule has 2 aromatic carbocycles. The number of carbonyl (C=O) groups is 2. The molecular formula is C22H21Cl2N3O4. The molecule has 3 aromatic rings. The fourth-order valence-electron chi connectivity index (χ4n) is 3.31. The molecule has 3 rings (SSSR count). The molecule has 0 bridgehead atoms.